The molecule has 0 aliphatic heterocycles. The smallest absolute Gasteiger partial charge is 0.322 e. The van der Waals surface area contributed by atoms with Crippen LogP contribution in [0.5, 0.6) is 0 Å². The number of rotatable bonds is 3. The molecule has 0 bridgehead atoms. The molecular formula is C15H9ClF3NO2. The molecule has 0 radical (unpaired) electrons. The normalized spacial score (nSPS) is 11.1. The monoisotopic (exact) mass is 327 g/mol. The van der Waals surface area contributed by atoms with Crippen molar-refractivity contribution in [2.24, 2.45) is 0 Å². The lowest BCUT2D eigenvalue weighted by atomic mass is 10.1. The average molecular weight is 328 g/mol. The largest absolute Gasteiger partial charge is 0.417 e. The Morgan fingerprint density at radius 2 is 1.68 bits per heavy atom. The summed E-state index contributed by atoms with van der Waals surface area (Å²) in [7, 11) is 0. The number of anilines is 1. The van der Waals surface area contributed by atoms with Crippen LogP contribution in [-0.2, 0) is 6.18 Å². The zero-order chi connectivity index (χ0) is 16.3. The summed E-state index contributed by atoms with van der Waals surface area (Å²) < 4.78 is 38.6. The Bertz CT molecular complexity index is 729. The van der Waals surface area contributed by atoms with Crippen LogP contribution in [0.2, 0.25) is 0 Å². The van der Waals surface area contributed by atoms with E-state index in [0.717, 1.165) is 12.1 Å². The molecule has 0 aliphatic carbocycles. The number of hydrogen-bond donors (Lipinski definition) is 1. The summed E-state index contributed by atoms with van der Waals surface area (Å²) >= 11 is 5.31. The minimum absolute atomic E-state index is 0.128. The van der Waals surface area contributed by atoms with E-state index in [1.165, 1.54) is 36.4 Å². The van der Waals surface area contributed by atoms with Crippen LogP contribution in [0, 0.1) is 0 Å². The Kier molecular flexibility index (Phi) is 4.51. The molecular weight excluding hydrogens is 319 g/mol. The van der Waals surface area contributed by atoms with E-state index in [1.807, 2.05) is 0 Å². The molecule has 114 valence electrons. The molecule has 0 aliphatic rings. The first-order chi connectivity index (χ1) is 10.3. The highest BCUT2D eigenvalue weighted by Gasteiger charge is 2.34. The van der Waals surface area contributed by atoms with Crippen LogP contribution >= 0.6 is 11.6 Å². The average Bonchev–Trinajstić information content (AvgIpc) is 2.46. The van der Waals surface area contributed by atoms with Crippen molar-refractivity contribution in [1.29, 1.82) is 0 Å². The van der Waals surface area contributed by atoms with E-state index in [-0.39, 0.29) is 11.3 Å². The fraction of sp³-hybridized carbons (Fsp3) is 0.0667. The summed E-state index contributed by atoms with van der Waals surface area (Å²) in [6.07, 6.45) is -4.64. The lowest BCUT2D eigenvalue weighted by molar-refractivity contribution is -0.137. The zero-order valence-corrected chi connectivity index (χ0v) is 11.7. The van der Waals surface area contributed by atoms with E-state index in [4.69, 9.17) is 11.6 Å². The van der Waals surface area contributed by atoms with E-state index in [2.05, 4.69) is 5.32 Å². The summed E-state index contributed by atoms with van der Waals surface area (Å²) in [6.45, 7) is 0. The molecule has 0 saturated heterocycles. The van der Waals surface area contributed by atoms with Gasteiger partial charge < -0.3 is 5.32 Å². The predicted molar refractivity (Wildman–Crippen MR) is 76.0 cm³/mol. The number of halogens is 4. The molecule has 0 spiro atoms. The van der Waals surface area contributed by atoms with Crippen molar-refractivity contribution in [2.75, 3.05) is 5.32 Å². The topological polar surface area (TPSA) is 46.2 Å². The van der Waals surface area contributed by atoms with Crippen LogP contribution in [0.25, 0.3) is 0 Å². The highest BCUT2D eigenvalue weighted by molar-refractivity contribution is 6.67. The Balaban J connectivity index is 2.31. The minimum Gasteiger partial charge on any atom is -0.322 e. The molecule has 0 fully saturated rings. The number of carbonyl (C=O) groups is 2. The second kappa shape index (κ2) is 6.19. The van der Waals surface area contributed by atoms with Gasteiger partial charge in [0.15, 0.2) is 0 Å². The second-order valence-corrected chi connectivity index (χ2v) is 4.70. The highest BCUT2D eigenvalue weighted by atomic mass is 35.5. The molecule has 0 unspecified atom stereocenters. The lowest BCUT2D eigenvalue weighted by Crippen LogP contribution is -2.18. The molecule has 0 atom stereocenters. The first-order valence-corrected chi connectivity index (χ1v) is 6.44. The number of amides is 1. The van der Waals surface area contributed by atoms with Crippen LogP contribution in [0.4, 0.5) is 18.9 Å². The summed E-state index contributed by atoms with van der Waals surface area (Å²) in [4.78, 5) is 23.1. The van der Waals surface area contributed by atoms with Crippen molar-refractivity contribution in [3.8, 4) is 0 Å². The van der Waals surface area contributed by atoms with E-state index in [1.54, 1.807) is 0 Å². The van der Waals surface area contributed by atoms with Crippen molar-refractivity contribution in [1.82, 2.24) is 0 Å². The van der Waals surface area contributed by atoms with Gasteiger partial charge in [0.2, 0.25) is 0 Å². The van der Waals surface area contributed by atoms with Gasteiger partial charge in [0.1, 0.15) is 0 Å². The number of hydrogen-bond acceptors (Lipinski definition) is 2. The highest BCUT2D eigenvalue weighted by Crippen LogP contribution is 2.32. The van der Waals surface area contributed by atoms with Gasteiger partial charge in [0, 0.05) is 11.3 Å². The van der Waals surface area contributed by atoms with Crippen LogP contribution in [0.3, 0.4) is 0 Å². The molecule has 1 N–H and O–H groups in total. The van der Waals surface area contributed by atoms with Crippen molar-refractivity contribution in [2.45, 2.75) is 6.18 Å². The molecule has 0 heterocycles. The third kappa shape index (κ3) is 3.65. The van der Waals surface area contributed by atoms with E-state index < -0.39 is 28.5 Å². The maximum absolute atomic E-state index is 12.9. The maximum atomic E-state index is 12.9. The summed E-state index contributed by atoms with van der Waals surface area (Å²) in [5, 5.41) is 1.59. The van der Waals surface area contributed by atoms with Gasteiger partial charge in [0.25, 0.3) is 11.1 Å². The van der Waals surface area contributed by atoms with Crippen LogP contribution in [-0.4, -0.2) is 11.1 Å². The SMILES string of the molecule is O=C(Cl)c1cccc(NC(=O)c2ccccc2C(F)(F)F)c1. The van der Waals surface area contributed by atoms with E-state index in [9.17, 15) is 22.8 Å². The second-order valence-electron chi connectivity index (χ2n) is 4.35. The first-order valence-electron chi connectivity index (χ1n) is 6.06. The number of benzene rings is 2. The van der Waals surface area contributed by atoms with Gasteiger partial charge in [-0.2, -0.15) is 13.2 Å². The first kappa shape index (κ1) is 16.0. The van der Waals surface area contributed by atoms with Gasteiger partial charge >= 0.3 is 6.18 Å². The zero-order valence-electron chi connectivity index (χ0n) is 10.9. The molecule has 1 amide bonds. The Morgan fingerprint density at radius 3 is 2.32 bits per heavy atom. The maximum Gasteiger partial charge on any atom is 0.417 e. The molecule has 7 heteroatoms. The van der Waals surface area contributed by atoms with Crippen molar-refractivity contribution >= 4 is 28.4 Å². The van der Waals surface area contributed by atoms with Gasteiger partial charge in [-0.3, -0.25) is 9.59 Å². The van der Waals surface area contributed by atoms with Gasteiger partial charge in [-0.1, -0.05) is 18.2 Å². The quantitative estimate of drug-likeness (QED) is 0.853. The van der Waals surface area contributed by atoms with Gasteiger partial charge in [0.05, 0.1) is 11.1 Å². The van der Waals surface area contributed by atoms with Gasteiger partial charge in [-0.25, -0.2) is 0 Å². The van der Waals surface area contributed by atoms with Crippen molar-refractivity contribution < 1.29 is 22.8 Å². The van der Waals surface area contributed by atoms with E-state index in [0.29, 0.717) is 0 Å². The van der Waals surface area contributed by atoms with E-state index >= 15 is 0 Å². The Morgan fingerprint density at radius 1 is 1.00 bits per heavy atom. The van der Waals surface area contributed by atoms with Crippen LogP contribution in [0.1, 0.15) is 26.3 Å². The number of carbonyl (C=O) groups excluding carboxylic acids is 2. The molecule has 0 saturated carbocycles. The van der Waals surface area contributed by atoms with Gasteiger partial charge in [-0.05, 0) is 41.9 Å². The number of alkyl halides is 3. The van der Waals surface area contributed by atoms with Crippen molar-refractivity contribution in [3.05, 3.63) is 65.2 Å². The molecule has 2 rings (SSSR count). The third-order valence-corrected chi connectivity index (χ3v) is 3.04. The summed E-state index contributed by atoms with van der Waals surface area (Å²) in [5.74, 6) is -0.924. The predicted octanol–water partition coefficient (Wildman–Crippen LogP) is 4.34. The lowest BCUT2D eigenvalue weighted by Gasteiger charge is -2.12. The Labute approximate surface area is 128 Å². The fourth-order valence-corrected chi connectivity index (χ4v) is 1.96. The fourth-order valence-electron chi connectivity index (χ4n) is 1.85. The third-order valence-electron chi connectivity index (χ3n) is 2.82. The molecule has 2 aromatic carbocycles. The van der Waals surface area contributed by atoms with Crippen molar-refractivity contribution in [3.63, 3.8) is 0 Å². The summed E-state index contributed by atoms with van der Waals surface area (Å²) in [6, 6.07) is 10.0. The molecule has 2 aromatic rings. The summed E-state index contributed by atoms with van der Waals surface area (Å²) in [5.41, 5.74) is -1.23. The molecule has 0 aromatic heterocycles. The number of nitrogens with one attached hydrogen (secondary N) is 1. The van der Waals surface area contributed by atoms with Crippen LogP contribution in [0.15, 0.2) is 48.5 Å². The molecule has 3 nitrogen and oxygen atoms in total. The van der Waals surface area contributed by atoms with Gasteiger partial charge in [-0.15, -0.1) is 0 Å². The van der Waals surface area contributed by atoms with Crippen LogP contribution < -0.4 is 5.32 Å². The molecule has 22 heavy (non-hydrogen) atoms. The minimum atomic E-state index is -4.64. The standard InChI is InChI=1S/C15H9ClF3NO2/c16-13(21)9-4-3-5-10(8-9)20-14(22)11-6-1-2-7-12(11)15(17,18)19/h1-8H,(H,20,22). The Hall–Kier alpha value is -2.34.